The Hall–Kier alpha value is -2.26. The molecule has 1 N–H and O–H groups in total. The van der Waals surface area contributed by atoms with Crippen LogP contribution >= 0.6 is 0 Å². The molecule has 1 aromatic heterocycles. The van der Waals surface area contributed by atoms with Crippen molar-refractivity contribution in [3.8, 4) is 5.75 Å². The van der Waals surface area contributed by atoms with Gasteiger partial charge < -0.3 is 14.3 Å². The number of methoxy groups -OCH3 is 1. The second-order valence-corrected chi connectivity index (χ2v) is 5.27. The van der Waals surface area contributed by atoms with E-state index in [0.717, 1.165) is 39.0 Å². The van der Waals surface area contributed by atoms with Gasteiger partial charge in [0.1, 0.15) is 17.4 Å². The van der Waals surface area contributed by atoms with Gasteiger partial charge >= 0.3 is 0 Å². The summed E-state index contributed by atoms with van der Waals surface area (Å²) in [6.07, 6.45) is 0.923. The van der Waals surface area contributed by atoms with Crippen LogP contribution in [0.2, 0.25) is 0 Å². The van der Waals surface area contributed by atoms with E-state index in [1.165, 1.54) is 0 Å². The zero-order valence-corrected chi connectivity index (χ0v) is 12.4. The van der Waals surface area contributed by atoms with E-state index < -0.39 is 6.10 Å². The molecule has 0 fully saturated rings. The van der Waals surface area contributed by atoms with Crippen LogP contribution in [-0.4, -0.2) is 12.2 Å². The number of para-hydroxylation sites is 1. The van der Waals surface area contributed by atoms with Crippen molar-refractivity contribution < 1.29 is 14.3 Å². The van der Waals surface area contributed by atoms with Gasteiger partial charge in [0.15, 0.2) is 0 Å². The molecule has 1 heterocycles. The smallest absolute Gasteiger partial charge is 0.134 e. The third kappa shape index (κ3) is 2.30. The standard InChI is InChI=1S/C18H18O3/c1-11-9-17(20-3)12(2)8-14(11)18(19)15-10-21-16-7-5-4-6-13(15)16/h4-10,18-19H,1-3H3. The molecule has 3 rings (SSSR count). The largest absolute Gasteiger partial charge is 0.496 e. The van der Waals surface area contributed by atoms with Crippen molar-refractivity contribution in [2.75, 3.05) is 7.11 Å². The average molecular weight is 282 g/mol. The summed E-state index contributed by atoms with van der Waals surface area (Å²) in [4.78, 5) is 0. The van der Waals surface area contributed by atoms with Crippen molar-refractivity contribution in [3.63, 3.8) is 0 Å². The van der Waals surface area contributed by atoms with Crippen molar-refractivity contribution in [2.24, 2.45) is 0 Å². The molecular weight excluding hydrogens is 264 g/mol. The molecule has 0 amide bonds. The Balaban J connectivity index is 2.10. The maximum atomic E-state index is 10.7. The number of furan rings is 1. The molecule has 3 nitrogen and oxygen atoms in total. The van der Waals surface area contributed by atoms with Gasteiger partial charge in [0.2, 0.25) is 0 Å². The van der Waals surface area contributed by atoms with Crippen LogP contribution in [0.4, 0.5) is 0 Å². The molecule has 108 valence electrons. The Bertz CT molecular complexity index is 786. The normalized spacial score (nSPS) is 12.6. The third-order valence-electron chi connectivity index (χ3n) is 3.88. The first-order valence-electron chi connectivity index (χ1n) is 6.91. The fraction of sp³-hybridized carbons (Fsp3) is 0.222. The second kappa shape index (κ2) is 5.26. The molecule has 0 aliphatic rings. The molecule has 0 spiro atoms. The summed E-state index contributed by atoms with van der Waals surface area (Å²) in [7, 11) is 1.65. The highest BCUT2D eigenvalue weighted by Gasteiger charge is 2.19. The number of aryl methyl sites for hydroxylation is 2. The van der Waals surface area contributed by atoms with Gasteiger partial charge in [-0.1, -0.05) is 18.2 Å². The van der Waals surface area contributed by atoms with Gasteiger partial charge in [-0.25, -0.2) is 0 Å². The van der Waals surface area contributed by atoms with E-state index in [4.69, 9.17) is 9.15 Å². The predicted octanol–water partition coefficient (Wildman–Crippen LogP) is 4.14. The van der Waals surface area contributed by atoms with Crippen LogP contribution in [0.25, 0.3) is 11.0 Å². The molecule has 3 aromatic rings. The molecule has 0 bridgehead atoms. The first-order valence-corrected chi connectivity index (χ1v) is 6.91. The van der Waals surface area contributed by atoms with Crippen LogP contribution in [0, 0.1) is 13.8 Å². The minimum Gasteiger partial charge on any atom is -0.496 e. The molecule has 0 saturated heterocycles. The van der Waals surface area contributed by atoms with Gasteiger partial charge in [0.05, 0.1) is 13.4 Å². The quantitative estimate of drug-likeness (QED) is 0.785. The predicted molar refractivity (Wildman–Crippen MR) is 82.7 cm³/mol. The fourth-order valence-corrected chi connectivity index (χ4v) is 2.70. The van der Waals surface area contributed by atoms with E-state index in [1.807, 2.05) is 50.2 Å². The number of fused-ring (bicyclic) bond motifs is 1. The van der Waals surface area contributed by atoms with Crippen molar-refractivity contribution >= 4 is 11.0 Å². The highest BCUT2D eigenvalue weighted by molar-refractivity contribution is 5.81. The van der Waals surface area contributed by atoms with E-state index in [-0.39, 0.29) is 0 Å². The maximum Gasteiger partial charge on any atom is 0.134 e. The molecule has 21 heavy (non-hydrogen) atoms. The second-order valence-electron chi connectivity index (χ2n) is 5.27. The van der Waals surface area contributed by atoms with Gasteiger partial charge in [-0.15, -0.1) is 0 Å². The van der Waals surface area contributed by atoms with Crippen molar-refractivity contribution in [2.45, 2.75) is 20.0 Å². The highest BCUT2D eigenvalue weighted by atomic mass is 16.5. The number of rotatable bonds is 3. The lowest BCUT2D eigenvalue weighted by atomic mass is 9.95. The number of benzene rings is 2. The number of hydrogen-bond donors (Lipinski definition) is 1. The Morgan fingerprint density at radius 1 is 1.05 bits per heavy atom. The van der Waals surface area contributed by atoms with E-state index >= 15 is 0 Å². The molecule has 0 saturated carbocycles. The van der Waals surface area contributed by atoms with Gasteiger partial charge in [-0.3, -0.25) is 0 Å². The van der Waals surface area contributed by atoms with Crippen molar-refractivity contribution in [1.82, 2.24) is 0 Å². The minimum absolute atomic E-state index is 0.710. The Labute approximate surface area is 123 Å². The van der Waals surface area contributed by atoms with E-state index in [9.17, 15) is 5.11 Å². The number of hydrogen-bond acceptors (Lipinski definition) is 3. The number of ether oxygens (including phenoxy) is 1. The van der Waals surface area contributed by atoms with Gasteiger partial charge in [-0.05, 0) is 48.7 Å². The summed E-state index contributed by atoms with van der Waals surface area (Å²) < 4.78 is 10.8. The summed E-state index contributed by atoms with van der Waals surface area (Å²) in [6.45, 7) is 3.95. The van der Waals surface area contributed by atoms with Crippen LogP contribution in [0.1, 0.15) is 28.4 Å². The summed E-state index contributed by atoms with van der Waals surface area (Å²) in [5.41, 5.74) is 4.45. The minimum atomic E-state index is -0.710. The topological polar surface area (TPSA) is 42.6 Å². The zero-order chi connectivity index (χ0) is 15.0. The lowest BCUT2D eigenvalue weighted by Gasteiger charge is -2.16. The number of aliphatic hydroxyl groups excluding tert-OH is 1. The van der Waals surface area contributed by atoms with Crippen LogP contribution in [0.15, 0.2) is 47.1 Å². The van der Waals surface area contributed by atoms with E-state index in [0.29, 0.717) is 0 Å². The molecule has 0 radical (unpaired) electrons. The van der Waals surface area contributed by atoms with Crippen molar-refractivity contribution in [3.05, 3.63) is 64.9 Å². The Morgan fingerprint density at radius 3 is 2.57 bits per heavy atom. The summed E-state index contributed by atoms with van der Waals surface area (Å²) in [6, 6.07) is 11.7. The lowest BCUT2D eigenvalue weighted by molar-refractivity contribution is 0.219. The highest BCUT2D eigenvalue weighted by Crippen LogP contribution is 2.34. The van der Waals surface area contributed by atoms with E-state index in [1.54, 1.807) is 13.4 Å². The van der Waals surface area contributed by atoms with Gasteiger partial charge in [-0.2, -0.15) is 0 Å². The Kier molecular flexibility index (Phi) is 3.43. The molecule has 3 heteroatoms. The maximum absolute atomic E-state index is 10.7. The summed E-state index contributed by atoms with van der Waals surface area (Å²) >= 11 is 0. The molecule has 1 atom stereocenters. The van der Waals surface area contributed by atoms with Crippen LogP contribution in [0.5, 0.6) is 5.75 Å². The molecule has 2 aromatic carbocycles. The molecule has 0 aliphatic carbocycles. The lowest BCUT2D eigenvalue weighted by Crippen LogP contribution is -2.03. The molecule has 1 unspecified atom stereocenters. The molecule has 0 aliphatic heterocycles. The van der Waals surface area contributed by atoms with Gasteiger partial charge in [0.25, 0.3) is 0 Å². The van der Waals surface area contributed by atoms with E-state index in [2.05, 4.69) is 0 Å². The monoisotopic (exact) mass is 282 g/mol. The number of aliphatic hydroxyl groups is 1. The SMILES string of the molecule is COc1cc(C)c(C(O)c2coc3ccccc23)cc1C. The summed E-state index contributed by atoms with van der Waals surface area (Å²) in [5.74, 6) is 0.834. The first kappa shape index (κ1) is 13.7. The zero-order valence-electron chi connectivity index (χ0n) is 12.4. The third-order valence-corrected chi connectivity index (χ3v) is 3.88. The first-order chi connectivity index (χ1) is 10.1. The fourth-order valence-electron chi connectivity index (χ4n) is 2.70. The average Bonchev–Trinajstić information content (AvgIpc) is 2.92. The van der Waals surface area contributed by atoms with Crippen LogP contribution in [-0.2, 0) is 0 Å². The van der Waals surface area contributed by atoms with Crippen LogP contribution < -0.4 is 4.74 Å². The van der Waals surface area contributed by atoms with Crippen LogP contribution in [0.3, 0.4) is 0 Å². The molecular formula is C18H18O3. The van der Waals surface area contributed by atoms with Gasteiger partial charge in [0, 0.05) is 10.9 Å². The summed E-state index contributed by atoms with van der Waals surface area (Å²) in [5, 5.41) is 11.7. The van der Waals surface area contributed by atoms with Crippen molar-refractivity contribution in [1.29, 1.82) is 0 Å². The Morgan fingerprint density at radius 2 is 1.81 bits per heavy atom.